The van der Waals surface area contributed by atoms with Crippen LogP contribution in [0.15, 0.2) is 133 Å². The van der Waals surface area contributed by atoms with E-state index >= 15 is 0 Å². The maximum Gasteiger partial charge on any atom is 0.238 e. The molecule has 1 aliphatic carbocycles. The molecule has 0 unspecified atom stereocenters. The molecule has 0 aliphatic heterocycles. The summed E-state index contributed by atoms with van der Waals surface area (Å²) in [4.78, 5) is 14.7. The van der Waals surface area contributed by atoms with Crippen molar-refractivity contribution in [3.05, 3.63) is 144 Å². The van der Waals surface area contributed by atoms with E-state index in [1.807, 2.05) is 42.5 Å². The fraction of sp³-hybridized carbons (Fsp3) is 0.0714. The van der Waals surface area contributed by atoms with E-state index in [9.17, 15) is 6.85 Å². The molecule has 0 fully saturated rings. The highest BCUT2D eigenvalue weighted by molar-refractivity contribution is 7.26. The summed E-state index contributed by atoms with van der Waals surface area (Å²) in [5.74, 6) is -0.122. The van der Waals surface area contributed by atoms with Crippen LogP contribution in [0.2, 0.25) is 0 Å². The van der Waals surface area contributed by atoms with Crippen molar-refractivity contribution >= 4 is 53.3 Å². The average Bonchev–Trinajstić information content (AvgIpc) is 3.93. The van der Waals surface area contributed by atoms with E-state index in [0.717, 1.165) is 24.7 Å². The van der Waals surface area contributed by atoms with Crippen molar-refractivity contribution in [1.82, 2.24) is 19.5 Å². The van der Waals surface area contributed by atoms with Crippen molar-refractivity contribution in [1.29, 1.82) is 0 Å². The minimum Gasteiger partial charge on any atom is -0.277 e. The molecule has 47 heavy (non-hydrogen) atoms. The van der Waals surface area contributed by atoms with Gasteiger partial charge in [0.05, 0.1) is 24.7 Å². The van der Waals surface area contributed by atoms with Gasteiger partial charge < -0.3 is 0 Å². The minimum atomic E-state index is -3.64. The van der Waals surface area contributed by atoms with E-state index in [0.29, 0.717) is 11.1 Å². The number of benzene rings is 6. The zero-order chi connectivity index (χ0) is 45.0. The van der Waals surface area contributed by atoms with E-state index in [2.05, 4.69) is 0 Å². The van der Waals surface area contributed by atoms with E-state index in [1.54, 1.807) is 30.3 Å². The first-order chi connectivity index (χ1) is 29.7. The Morgan fingerprint density at radius 3 is 2.34 bits per heavy atom. The Kier molecular flexibility index (Phi) is 3.15. The summed E-state index contributed by atoms with van der Waals surface area (Å²) in [6.07, 6.45) is 0. The third-order valence-corrected chi connectivity index (χ3v) is 9.81. The predicted molar refractivity (Wildman–Crippen MR) is 195 cm³/mol. The fourth-order valence-electron chi connectivity index (χ4n) is 6.52. The van der Waals surface area contributed by atoms with Gasteiger partial charge in [0.25, 0.3) is 0 Å². The first-order valence-electron chi connectivity index (χ1n) is 22.7. The van der Waals surface area contributed by atoms with Crippen molar-refractivity contribution in [2.24, 2.45) is 0 Å². The van der Waals surface area contributed by atoms with E-state index in [-0.39, 0.29) is 39.4 Å². The Balaban J connectivity index is 1.49. The topological polar surface area (TPSA) is 43.6 Å². The highest BCUT2D eigenvalue weighted by Gasteiger charge is 2.37. The lowest BCUT2D eigenvalue weighted by Crippen LogP contribution is -2.14. The maximum absolute atomic E-state index is 9.55. The second kappa shape index (κ2) is 9.68. The Bertz CT molecular complexity index is 3490. The van der Waals surface area contributed by atoms with Gasteiger partial charge in [-0.1, -0.05) is 129 Å². The van der Waals surface area contributed by atoms with Crippen LogP contribution in [-0.4, -0.2) is 19.5 Å². The predicted octanol–water partition coefficient (Wildman–Crippen LogP) is 11.0. The first kappa shape index (κ1) is 15.3. The van der Waals surface area contributed by atoms with Gasteiger partial charge in [-0.25, -0.2) is 4.98 Å². The number of rotatable bonds is 3. The number of para-hydroxylation sites is 1. The molecule has 5 heteroatoms. The molecule has 3 heterocycles. The summed E-state index contributed by atoms with van der Waals surface area (Å²) in [6, 6.07) is 14.1. The molecule has 1 aliphatic rings. The van der Waals surface area contributed by atoms with Gasteiger partial charge >= 0.3 is 0 Å². The van der Waals surface area contributed by atoms with Gasteiger partial charge in [-0.15, -0.1) is 11.3 Å². The van der Waals surface area contributed by atoms with Crippen molar-refractivity contribution in [3.8, 4) is 39.9 Å². The lowest BCUT2D eigenvalue weighted by molar-refractivity contribution is 0.660. The molecular weight excluding hydrogens is 593 g/mol. The monoisotopic (exact) mass is 636 g/mol. The molecule has 0 N–H and O–H groups in total. The molecule has 3 aromatic heterocycles. The minimum absolute atomic E-state index is 0.0889. The van der Waals surface area contributed by atoms with Gasteiger partial charge in [-0.2, -0.15) is 9.97 Å². The third kappa shape index (κ3) is 3.72. The molecule has 0 saturated carbocycles. The summed E-state index contributed by atoms with van der Waals surface area (Å²) in [5, 5.41) is 1.23. The van der Waals surface area contributed by atoms with Gasteiger partial charge in [0.15, 0.2) is 11.6 Å². The number of aromatic nitrogens is 4. The Labute approximate surface area is 298 Å². The van der Waals surface area contributed by atoms with Gasteiger partial charge in [0.1, 0.15) is 0 Å². The summed E-state index contributed by atoms with van der Waals surface area (Å²) in [5.41, 5.74) is -5.64. The molecule has 4 nitrogen and oxygen atoms in total. The first-order valence-corrected chi connectivity index (χ1v) is 15.5. The lowest BCUT2D eigenvalue weighted by atomic mass is 9.82. The molecule has 6 aromatic carbocycles. The van der Waals surface area contributed by atoms with Crippen molar-refractivity contribution < 1.29 is 21.9 Å². The Hall–Kier alpha value is -5.65. The van der Waals surface area contributed by atoms with Gasteiger partial charge in [-0.05, 0) is 34.9 Å². The van der Waals surface area contributed by atoms with Crippen molar-refractivity contribution in [3.63, 3.8) is 0 Å². The second-order valence-corrected chi connectivity index (χ2v) is 12.3. The van der Waals surface area contributed by atoms with Crippen LogP contribution in [-0.2, 0) is 5.41 Å². The largest absolute Gasteiger partial charge is 0.277 e. The number of nitrogens with zero attached hydrogens (tertiary/aromatic N) is 4. The molecule has 0 atom stereocenters. The van der Waals surface area contributed by atoms with Crippen molar-refractivity contribution in [2.45, 2.75) is 19.1 Å². The van der Waals surface area contributed by atoms with E-state index < -0.39 is 102 Å². The molecular formula is C42H28N4S. The summed E-state index contributed by atoms with van der Waals surface area (Å²) in [7, 11) is 0. The standard InChI is InChI=1S/C42H28N4S/c1-42(2)32-20-9-6-17-30(32)36-33(42)24-23-28-26-15-7-10-21-34(26)46(37(28)36)41-44-39(25-13-4-3-5-14-25)43-40(45-41)31-19-12-18-29-27-16-8-11-22-35(27)47-38(29)31/h3-24H,1-2H3/i1D3,2D3,6D,7D,9D,10D,15D,17D,20D,21D,23D,24D. The summed E-state index contributed by atoms with van der Waals surface area (Å²) in [6.45, 7) is -7.28. The SMILES string of the molecule is [2H]c1c([2H])c([2H])c2c(c1[2H])-c1c(c([2H])c([2H])c3c4c([2H])c([2H])c([2H])c([2H])c4n(-c4nc(-c5ccccc5)nc(-c5cccc6c5sc5ccccc56)n4)c13)C2(C([2H])([2H])[2H])C([2H])([2H])[2H]. The number of hydrogen-bond acceptors (Lipinski definition) is 4. The molecule has 9 aromatic rings. The Morgan fingerprint density at radius 1 is 0.638 bits per heavy atom. The maximum atomic E-state index is 9.55. The van der Waals surface area contributed by atoms with Gasteiger partial charge in [-0.3, -0.25) is 4.57 Å². The lowest BCUT2D eigenvalue weighted by Gasteiger charge is -2.21. The normalized spacial score (nSPS) is 18.9. The molecule has 0 radical (unpaired) electrons. The molecule has 10 rings (SSSR count). The van der Waals surface area contributed by atoms with Gasteiger partial charge in [0, 0.05) is 61.3 Å². The van der Waals surface area contributed by atoms with Crippen LogP contribution in [0, 0.1) is 0 Å². The number of fused-ring (bicyclic) bond motifs is 10. The highest BCUT2D eigenvalue weighted by atomic mass is 32.1. The van der Waals surface area contributed by atoms with E-state index in [4.69, 9.17) is 30.0 Å². The molecule has 0 amide bonds. The van der Waals surface area contributed by atoms with Crippen LogP contribution < -0.4 is 0 Å². The number of hydrogen-bond donors (Lipinski definition) is 0. The second-order valence-electron chi connectivity index (χ2n) is 11.2. The van der Waals surface area contributed by atoms with Crippen LogP contribution in [0.5, 0.6) is 0 Å². The summed E-state index contributed by atoms with van der Waals surface area (Å²) < 4.78 is 147. The van der Waals surface area contributed by atoms with Crippen molar-refractivity contribution in [2.75, 3.05) is 0 Å². The van der Waals surface area contributed by atoms with Crippen LogP contribution in [0.1, 0.15) is 46.8 Å². The third-order valence-electron chi connectivity index (χ3n) is 8.59. The average molecular weight is 637 g/mol. The summed E-state index contributed by atoms with van der Waals surface area (Å²) >= 11 is 1.49. The van der Waals surface area contributed by atoms with Crippen LogP contribution >= 0.6 is 11.3 Å². The van der Waals surface area contributed by atoms with Crippen LogP contribution in [0.3, 0.4) is 0 Å². The fourth-order valence-corrected chi connectivity index (χ4v) is 7.73. The smallest absolute Gasteiger partial charge is 0.238 e. The van der Waals surface area contributed by atoms with E-state index in [1.165, 1.54) is 11.3 Å². The molecule has 222 valence electrons. The molecule has 0 bridgehead atoms. The zero-order valence-electron chi connectivity index (χ0n) is 40.1. The molecule has 0 spiro atoms. The zero-order valence-corrected chi connectivity index (χ0v) is 24.9. The molecule has 0 saturated heterocycles. The Morgan fingerprint density at radius 2 is 1.43 bits per heavy atom. The van der Waals surface area contributed by atoms with Gasteiger partial charge in [0.2, 0.25) is 5.95 Å². The van der Waals surface area contributed by atoms with Crippen LogP contribution in [0.4, 0.5) is 0 Å². The quantitative estimate of drug-likeness (QED) is 0.194. The van der Waals surface area contributed by atoms with Crippen LogP contribution in [0.25, 0.3) is 81.8 Å². The number of thiophene rings is 1. The highest BCUT2D eigenvalue weighted by Crippen LogP contribution is 2.52.